The second kappa shape index (κ2) is 10.5. The normalized spacial score (nSPS) is 18.3. The van der Waals surface area contributed by atoms with E-state index in [9.17, 15) is 9.18 Å². The lowest BCUT2D eigenvalue weighted by atomic mass is 9.95. The predicted octanol–water partition coefficient (Wildman–Crippen LogP) is 5.26. The van der Waals surface area contributed by atoms with Gasteiger partial charge in [-0.3, -0.25) is 9.69 Å². The Hall–Kier alpha value is -3.61. The zero-order valence-electron chi connectivity index (χ0n) is 23.6. The van der Waals surface area contributed by atoms with Crippen molar-refractivity contribution in [1.82, 2.24) is 24.8 Å². The van der Waals surface area contributed by atoms with Gasteiger partial charge in [-0.25, -0.2) is 13.8 Å². The Labute approximate surface area is 255 Å². The van der Waals surface area contributed by atoms with Gasteiger partial charge in [-0.05, 0) is 63.0 Å². The van der Waals surface area contributed by atoms with E-state index in [0.717, 1.165) is 50.1 Å². The van der Waals surface area contributed by atoms with Crippen LogP contribution in [0.4, 0.5) is 19.7 Å². The van der Waals surface area contributed by atoms with E-state index in [1.165, 1.54) is 18.2 Å². The molecule has 1 amide bonds. The summed E-state index contributed by atoms with van der Waals surface area (Å²) in [4.78, 5) is 31.8. The first kappa shape index (κ1) is 28.2. The molecule has 2 N–H and O–H groups in total. The van der Waals surface area contributed by atoms with E-state index < -0.39 is 11.6 Å². The molecule has 0 atom stereocenters. The molecule has 0 bridgehead atoms. The molecule has 0 aliphatic carbocycles. The number of aromatic nitrogens is 3. The molecule has 7 rings (SSSR count). The highest BCUT2D eigenvalue weighted by atomic mass is 35.5. The minimum atomic E-state index is -0.687. The van der Waals surface area contributed by atoms with Gasteiger partial charge in [0.2, 0.25) is 5.91 Å². The van der Waals surface area contributed by atoms with Crippen LogP contribution in [0.3, 0.4) is 0 Å². The van der Waals surface area contributed by atoms with Gasteiger partial charge in [0.25, 0.3) is 0 Å². The summed E-state index contributed by atoms with van der Waals surface area (Å²) in [5.41, 5.74) is 6.47. The van der Waals surface area contributed by atoms with Crippen LogP contribution in [0.25, 0.3) is 32.2 Å². The van der Waals surface area contributed by atoms with Crippen LogP contribution in [0.15, 0.2) is 30.9 Å². The SMILES string of the molecule is C=CC(=O)N(C)C1CN(c2nc(OCC34CCCN3CCC4)nc3c(F)c(-c4ccc(F)c5sc(N)nc45)c(Cl)cc23)C1. The molecule has 0 radical (unpaired) electrons. The maximum absolute atomic E-state index is 16.6. The number of anilines is 2. The monoisotopic (exact) mass is 625 g/mol. The topological polar surface area (TPSA) is 101 Å². The van der Waals surface area contributed by atoms with Crippen molar-refractivity contribution in [2.24, 2.45) is 0 Å². The molecule has 224 valence electrons. The van der Waals surface area contributed by atoms with Crippen LogP contribution in [0.1, 0.15) is 25.7 Å². The smallest absolute Gasteiger partial charge is 0.319 e. The van der Waals surface area contributed by atoms with Gasteiger partial charge in [0, 0.05) is 36.7 Å². The van der Waals surface area contributed by atoms with Crippen molar-refractivity contribution < 1.29 is 18.3 Å². The van der Waals surface area contributed by atoms with E-state index in [0.29, 0.717) is 36.5 Å². The van der Waals surface area contributed by atoms with Crippen LogP contribution >= 0.6 is 22.9 Å². The lowest BCUT2D eigenvalue weighted by Crippen LogP contribution is -2.60. The first-order valence-electron chi connectivity index (χ1n) is 14.3. The number of amides is 1. The number of hydrogen-bond acceptors (Lipinski definition) is 9. The van der Waals surface area contributed by atoms with Crippen LogP contribution in [0.2, 0.25) is 5.02 Å². The molecule has 2 aromatic heterocycles. The van der Waals surface area contributed by atoms with Crippen molar-refractivity contribution in [3.63, 3.8) is 0 Å². The fourth-order valence-corrected chi connectivity index (χ4v) is 7.82. The number of likely N-dealkylation sites (N-methyl/N-ethyl adjacent to an activating group) is 1. The minimum Gasteiger partial charge on any atom is -0.461 e. The Kier molecular flexibility index (Phi) is 6.90. The van der Waals surface area contributed by atoms with Crippen molar-refractivity contribution in [2.45, 2.75) is 37.3 Å². The molecule has 3 aliphatic rings. The Balaban J connectivity index is 1.33. The van der Waals surface area contributed by atoms with Crippen LogP contribution < -0.4 is 15.4 Å². The largest absolute Gasteiger partial charge is 0.461 e. The first-order chi connectivity index (χ1) is 20.7. The molecule has 9 nitrogen and oxygen atoms in total. The first-order valence-corrected chi connectivity index (χ1v) is 15.5. The Bertz CT molecular complexity index is 1780. The quantitative estimate of drug-likeness (QED) is 0.278. The number of hydrogen-bond donors (Lipinski definition) is 1. The van der Waals surface area contributed by atoms with Crippen molar-refractivity contribution in [3.8, 4) is 17.1 Å². The third-order valence-corrected chi connectivity index (χ3v) is 10.3. The predicted molar refractivity (Wildman–Crippen MR) is 165 cm³/mol. The number of rotatable bonds is 7. The van der Waals surface area contributed by atoms with Crippen molar-refractivity contribution in [3.05, 3.63) is 47.5 Å². The van der Waals surface area contributed by atoms with E-state index in [1.54, 1.807) is 18.0 Å². The van der Waals surface area contributed by atoms with Gasteiger partial charge >= 0.3 is 6.01 Å². The van der Waals surface area contributed by atoms with Crippen molar-refractivity contribution in [1.29, 1.82) is 0 Å². The molecular formula is C30H30ClF2N7O2S. The number of nitrogens with zero attached hydrogens (tertiary/aromatic N) is 6. The maximum atomic E-state index is 16.6. The average Bonchev–Trinajstić information content (AvgIpc) is 3.66. The van der Waals surface area contributed by atoms with Gasteiger partial charge in [-0.15, -0.1) is 0 Å². The van der Waals surface area contributed by atoms with Crippen LogP contribution in [0, 0.1) is 11.6 Å². The zero-order valence-corrected chi connectivity index (χ0v) is 25.1. The molecule has 3 fully saturated rings. The minimum absolute atomic E-state index is 0.0336. The van der Waals surface area contributed by atoms with E-state index in [4.69, 9.17) is 27.1 Å². The van der Waals surface area contributed by atoms with Gasteiger partial charge in [-0.1, -0.05) is 29.5 Å². The van der Waals surface area contributed by atoms with E-state index in [2.05, 4.69) is 21.4 Å². The van der Waals surface area contributed by atoms with Gasteiger partial charge in [0.05, 0.1) is 26.8 Å². The lowest BCUT2D eigenvalue weighted by molar-refractivity contribution is -0.127. The summed E-state index contributed by atoms with van der Waals surface area (Å²) in [7, 11) is 1.73. The van der Waals surface area contributed by atoms with Gasteiger partial charge < -0.3 is 20.3 Å². The highest BCUT2D eigenvalue weighted by Crippen LogP contribution is 2.44. The molecule has 0 unspecified atom stereocenters. The second-order valence-electron chi connectivity index (χ2n) is 11.5. The van der Waals surface area contributed by atoms with Crippen LogP contribution in [-0.2, 0) is 4.79 Å². The molecule has 5 heterocycles. The van der Waals surface area contributed by atoms with Crippen LogP contribution in [-0.4, -0.2) is 82.1 Å². The number of benzene rings is 2. The number of carbonyl (C=O) groups is 1. The maximum Gasteiger partial charge on any atom is 0.319 e. The highest BCUT2D eigenvalue weighted by molar-refractivity contribution is 7.22. The Morgan fingerprint density at radius 2 is 1.98 bits per heavy atom. The molecule has 0 spiro atoms. The summed E-state index contributed by atoms with van der Waals surface area (Å²) in [6.07, 6.45) is 5.58. The third kappa shape index (κ3) is 4.58. The molecule has 4 aromatic rings. The molecule has 13 heteroatoms. The lowest BCUT2D eigenvalue weighted by Gasteiger charge is -2.44. The third-order valence-electron chi connectivity index (χ3n) is 9.14. The highest BCUT2D eigenvalue weighted by Gasteiger charge is 2.45. The second-order valence-corrected chi connectivity index (χ2v) is 13.0. The van der Waals surface area contributed by atoms with Gasteiger partial charge in [-0.2, -0.15) is 9.97 Å². The van der Waals surface area contributed by atoms with Crippen LogP contribution in [0.5, 0.6) is 6.01 Å². The number of thiazole rings is 1. The van der Waals surface area contributed by atoms with E-state index >= 15 is 4.39 Å². The number of carbonyl (C=O) groups excluding carboxylic acids is 1. The van der Waals surface area contributed by atoms with E-state index in [1.807, 2.05) is 4.90 Å². The average molecular weight is 626 g/mol. The standard InChI is InChI=1S/C30H30ClF2N7O2S/c1-3-21(41)38(2)16-13-39(14-16)27-18-12-19(31)22(17-6-7-20(32)26-25(17)35-28(34)43-26)23(33)24(18)36-29(37-27)42-15-30-8-4-10-40(30)11-5-9-30/h3,6-7,12,16H,1,4-5,8-11,13-15H2,2H3,(H2,34,35). The Morgan fingerprint density at radius 3 is 2.70 bits per heavy atom. The van der Waals surface area contributed by atoms with Gasteiger partial charge in [0.1, 0.15) is 23.8 Å². The zero-order chi connectivity index (χ0) is 30.0. The number of nitrogen functional groups attached to an aromatic ring is 1. The summed E-state index contributed by atoms with van der Waals surface area (Å²) >= 11 is 7.74. The molecule has 3 saturated heterocycles. The van der Waals surface area contributed by atoms with E-state index in [-0.39, 0.29) is 54.9 Å². The number of ether oxygens (including phenoxy) is 1. The summed E-state index contributed by atoms with van der Waals surface area (Å²) in [5.74, 6) is -0.888. The molecule has 2 aromatic carbocycles. The fourth-order valence-electron chi connectivity index (χ4n) is 6.76. The summed E-state index contributed by atoms with van der Waals surface area (Å²) in [6.45, 7) is 7.04. The van der Waals surface area contributed by atoms with Crippen molar-refractivity contribution >= 4 is 60.9 Å². The number of nitrogens with two attached hydrogens (primary N) is 1. The fraction of sp³-hybridized carbons (Fsp3) is 0.400. The summed E-state index contributed by atoms with van der Waals surface area (Å²) in [6, 6.07) is 4.34. The Morgan fingerprint density at radius 1 is 1.23 bits per heavy atom. The summed E-state index contributed by atoms with van der Waals surface area (Å²) in [5, 5.41) is 0.677. The molecular weight excluding hydrogens is 596 g/mol. The number of fused-ring (bicyclic) bond motifs is 3. The number of halogens is 3. The molecule has 3 aliphatic heterocycles. The molecule has 43 heavy (non-hydrogen) atoms. The van der Waals surface area contributed by atoms with Gasteiger partial charge in [0.15, 0.2) is 10.9 Å². The van der Waals surface area contributed by atoms with Crippen molar-refractivity contribution in [2.75, 3.05) is 50.5 Å². The molecule has 0 saturated carbocycles. The summed E-state index contributed by atoms with van der Waals surface area (Å²) < 4.78 is 37.7.